The third-order valence-electron chi connectivity index (χ3n) is 3.36. The van der Waals surface area contributed by atoms with Gasteiger partial charge in [-0.1, -0.05) is 32.6 Å². The molecule has 0 unspecified atom stereocenters. The van der Waals surface area contributed by atoms with E-state index in [0.717, 1.165) is 31.8 Å². The van der Waals surface area contributed by atoms with Crippen LogP contribution in [0, 0.1) is 23.7 Å². The molecule has 0 N–H and O–H groups in total. The number of carbonyl (C=O) groups excluding carboxylic acids is 1. The van der Waals surface area contributed by atoms with Crippen LogP contribution in [0.3, 0.4) is 0 Å². The summed E-state index contributed by atoms with van der Waals surface area (Å²) in [5, 5.41) is 9.98. The minimum absolute atomic E-state index is 0. The summed E-state index contributed by atoms with van der Waals surface area (Å²) in [4.78, 5) is 9.98. The number of hydrogen-bond acceptors (Lipinski definition) is 2. The molecule has 0 fully saturated rings. The number of hydrogen-bond donors (Lipinski definition) is 0. The van der Waals surface area contributed by atoms with Gasteiger partial charge in [0.2, 0.25) is 0 Å². The Balaban J connectivity index is 0. The maximum atomic E-state index is 9.98. The maximum Gasteiger partial charge on any atom is 0.151 e. The van der Waals surface area contributed by atoms with Crippen LogP contribution in [0.2, 0.25) is 0 Å². The first-order chi connectivity index (χ1) is 11.1. The second kappa shape index (κ2) is 20.0. The van der Waals surface area contributed by atoms with Gasteiger partial charge in [-0.15, -0.1) is 29.4 Å². The monoisotopic (exact) mass is 418 g/mol. The van der Waals surface area contributed by atoms with Crippen LogP contribution in [0.5, 0.6) is 0 Å². The molecule has 0 aromatic heterocycles. The van der Waals surface area contributed by atoms with E-state index >= 15 is 0 Å². The first-order valence-electron chi connectivity index (χ1n) is 8.90. The van der Waals surface area contributed by atoms with Crippen molar-refractivity contribution in [3.63, 3.8) is 0 Å². The molecule has 0 aliphatic heterocycles. The molecule has 0 aromatic rings. The Morgan fingerprint density at radius 2 is 1.00 bits per heavy atom. The van der Waals surface area contributed by atoms with Gasteiger partial charge in [0.15, 0.2) is 5.78 Å². The Morgan fingerprint density at radius 1 is 0.708 bits per heavy atom. The Labute approximate surface area is 161 Å². The van der Waals surface area contributed by atoms with Gasteiger partial charge in [0.05, 0.1) is 0 Å². The van der Waals surface area contributed by atoms with E-state index in [0.29, 0.717) is 0 Å². The van der Waals surface area contributed by atoms with Gasteiger partial charge in [0, 0.05) is 45.2 Å². The molecule has 0 heterocycles. The van der Waals surface area contributed by atoms with E-state index in [2.05, 4.69) is 23.7 Å². The van der Waals surface area contributed by atoms with Gasteiger partial charge >= 0.3 is 0 Å². The van der Waals surface area contributed by atoms with Crippen molar-refractivity contribution in [1.82, 2.24) is 0 Å². The standard InChI is InChI=1S/2C8H12.C5H8O2.Rh/c2*1-2-4-6-8-7-5-3-1;1-4(6)3-5(2)7;/h2*1-6H2;3,6H,1-2H3;/p-1. The molecule has 2 rings (SSSR count). The molecule has 0 bridgehead atoms. The third kappa shape index (κ3) is 23.2. The average Bonchev–Trinajstić information content (AvgIpc) is 2.36. The first kappa shape index (κ1) is 25.2. The van der Waals surface area contributed by atoms with E-state index in [-0.39, 0.29) is 31.0 Å². The second-order valence-electron chi connectivity index (χ2n) is 5.90. The quantitative estimate of drug-likeness (QED) is 0.272. The Hall–Kier alpha value is -1.05. The van der Waals surface area contributed by atoms with Crippen molar-refractivity contribution >= 4 is 5.78 Å². The molecular formula is C21H31O2Rh-. The molecule has 2 aliphatic rings. The molecular weight excluding hydrogens is 387 g/mol. The Kier molecular flexibility index (Phi) is 21.0. The summed E-state index contributed by atoms with van der Waals surface area (Å²) in [6.07, 6.45) is 16.5. The van der Waals surface area contributed by atoms with Gasteiger partial charge in [0.25, 0.3) is 0 Å². The summed E-state index contributed by atoms with van der Waals surface area (Å²) < 4.78 is 0. The fourth-order valence-electron chi connectivity index (χ4n) is 2.20. The van der Waals surface area contributed by atoms with Gasteiger partial charge in [-0.25, -0.2) is 0 Å². The largest absolute Gasteiger partial charge is 0.876 e. The van der Waals surface area contributed by atoms with Gasteiger partial charge in [-0.3, -0.25) is 4.79 Å². The van der Waals surface area contributed by atoms with E-state index in [9.17, 15) is 9.90 Å². The van der Waals surface area contributed by atoms with Gasteiger partial charge in [-0.2, -0.15) is 0 Å². The molecule has 3 heteroatoms. The van der Waals surface area contributed by atoms with Crippen molar-refractivity contribution in [3.8, 4) is 23.7 Å². The Bertz CT molecular complexity index is 400. The van der Waals surface area contributed by atoms with Crippen LogP contribution < -0.4 is 5.11 Å². The van der Waals surface area contributed by atoms with Crippen molar-refractivity contribution in [2.24, 2.45) is 0 Å². The fourth-order valence-corrected chi connectivity index (χ4v) is 2.20. The number of allylic oxidation sites excluding steroid dienone is 2. The summed E-state index contributed by atoms with van der Waals surface area (Å²) in [6, 6.07) is 0. The minimum Gasteiger partial charge on any atom is -0.876 e. The second-order valence-corrected chi connectivity index (χ2v) is 5.90. The SMILES string of the molecule is C1#CCCCCCC1.C1#CCCCCCC1.CC(=O)C=C(C)[O-].[Rh]. The molecule has 0 saturated carbocycles. The third-order valence-corrected chi connectivity index (χ3v) is 3.36. The van der Waals surface area contributed by atoms with Crippen molar-refractivity contribution < 1.29 is 29.4 Å². The van der Waals surface area contributed by atoms with Crippen LogP contribution in [-0.4, -0.2) is 5.78 Å². The van der Waals surface area contributed by atoms with Crippen LogP contribution in [-0.2, 0) is 24.3 Å². The molecule has 0 saturated heterocycles. The molecule has 0 spiro atoms. The summed E-state index contributed by atoms with van der Waals surface area (Å²) >= 11 is 0. The molecule has 24 heavy (non-hydrogen) atoms. The number of carbonyl (C=O) groups is 1. The first-order valence-corrected chi connectivity index (χ1v) is 8.90. The fraction of sp³-hybridized carbons (Fsp3) is 0.667. The molecule has 2 nitrogen and oxygen atoms in total. The zero-order chi connectivity index (χ0) is 17.2. The predicted molar refractivity (Wildman–Crippen MR) is 95.4 cm³/mol. The smallest absolute Gasteiger partial charge is 0.151 e. The van der Waals surface area contributed by atoms with Crippen LogP contribution in [0.4, 0.5) is 0 Å². The topological polar surface area (TPSA) is 40.1 Å². The van der Waals surface area contributed by atoms with Crippen molar-refractivity contribution in [3.05, 3.63) is 11.8 Å². The van der Waals surface area contributed by atoms with Crippen LogP contribution in [0.25, 0.3) is 0 Å². The van der Waals surface area contributed by atoms with Gasteiger partial charge in [-0.05, 0) is 38.7 Å². The van der Waals surface area contributed by atoms with Gasteiger partial charge in [0.1, 0.15) is 0 Å². The van der Waals surface area contributed by atoms with Crippen molar-refractivity contribution in [2.45, 2.75) is 90.9 Å². The number of rotatable bonds is 1. The molecule has 0 aromatic carbocycles. The van der Waals surface area contributed by atoms with E-state index < -0.39 is 0 Å². The van der Waals surface area contributed by atoms with Crippen LogP contribution in [0.15, 0.2) is 11.8 Å². The average molecular weight is 418 g/mol. The Morgan fingerprint density at radius 3 is 1.17 bits per heavy atom. The molecule has 0 atom stereocenters. The zero-order valence-electron chi connectivity index (χ0n) is 15.2. The van der Waals surface area contributed by atoms with Crippen LogP contribution >= 0.6 is 0 Å². The summed E-state index contributed by atoms with van der Waals surface area (Å²) in [5.74, 6) is 12.2. The molecule has 0 amide bonds. The summed E-state index contributed by atoms with van der Waals surface area (Å²) in [6.45, 7) is 2.70. The number of ketones is 1. The van der Waals surface area contributed by atoms with E-state index in [1.54, 1.807) is 0 Å². The molecule has 2 aliphatic carbocycles. The zero-order valence-corrected chi connectivity index (χ0v) is 16.9. The van der Waals surface area contributed by atoms with E-state index in [1.807, 2.05) is 0 Å². The van der Waals surface area contributed by atoms with Crippen molar-refractivity contribution in [2.75, 3.05) is 0 Å². The van der Waals surface area contributed by atoms with E-state index in [4.69, 9.17) is 0 Å². The molecule has 1 radical (unpaired) electrons. The van der Waals surface area contributed by atoms with E-state index in [1.165, 1.54) is 65.2 Å². The minimum atomic E-state index is -0.187. The van der Waals surface area contributed by atoms with Crippen LogP contribution in [0.1, 0.15) is 90.9 Å². The summed E-state index contributed by atoms with van der Waals surface area (Å²) in [5.41, 5.74) is 0. The van der Waals surface area contributed by atoms with Crippen molar-refractivity contribution in [1.29, 1.82) is 0 Å². The normalized spacial score (nSPS) is 16.7. The molecule has 137 valence electrons. The summed E-state index contributed by atoms with van der Waals surface area (Å²) in [7, 11) is 0. The maximum absolute atomic E-state index is 9.98. The van der Waals surface area contributed by atoms with Gasteiger partial charge < -0.3 is 5.11 Å². The predicted octanol–water partition coefficient (Wildman–Crippen LogP) is 4.53.